The Kier molecular flexibility index (Phi) is 4.10. The van der Waals surface area contributed by atoms with Crippen LogP contribution in [0.3, 0.4) is 0 Å². The summed E-state index contributed by atoms with van der Waals surface area (Å²) in [5.41, 5.74) is 4.35. The monoisotopic (exact) mass is 262 g/mol. The summed E-state index contributed by atoms with van der Waals surface area (Å²) in [6.07, 6.45) is 4.81. The number of nitrogens with one attached hydrogen (secondary N) is 1. The summed E-state index contributed by atoms with van der Waals surface area (Å²) in [5.74, 6) is 5.78. The van der Waals surface area contributed by atoms with Crippen molar-refractivity contribution >= 4 is 5.91 Å². The normalized spacial score (nSPS) is 14.7. The summed E-state index contributed by atoms with van der Waals surface area (Å²) in [4.78, 5) is 11.6. The van der Waals surface area contributed by atoms with Gasteiger partial charge in [0, 0.05) is 0 Å². The lowest BCUT2D eigenvalue weighted by Gasteiger charge is -2.23. The summed E-state index contributed by atoms with van der Waals surface area (Å²) in [6.45, 7) is 3.94. The van der Waals surface area contributed by atoms with E-state index in [9.17, 15) is 4.79 Å². The zero-order valence-electron chi connectivity index (χ0n) is 11.7. The van der Waals surface area contributed by atoms with E-state index in [1.807, 2.05) is 19.9 Å². The van der Waals surface area contributed by atoms with E-state index in [0.29, 0.717) is 6.61 Å². The van der Waals surface area contributed by atoms with Gasteiger partial charge in [-0.2, -0.15) is 0 Å². The lowest BCUT2D eigenvalue weighted by atomic mass is 9.91. The smallest absolute Gasteiger partial charge is 0.242 e. The minimum absolute atomic E-state index is 0.217. The van der Waals surface area contributed by atoms with Gasteiger partial charge in [-0.3, -0.25) is 10.2 Å². The van der Waals surface area contributed by atoms with Crippen LogP contribution in [0.5, 0.6) is 5.75 Å². The second-order valence-electron chi connectivity index (χ2n) is 5.78. The lowest BCUT2D eigenvalue weighted by molar-refractivity contribution is -0.130. The standard InChI is InChI=1S/C15H22N2O2/c1-15(2,14(18)17-16)10-19-13-8-7-11-5-3-4-6-12(11)9-13/h7-9H,3-6,10,16H2,1-2H3,(H,17,18). The molecule has 19 heavy (non-hydrogen) atoms. The fraction of sp³-hybridized carbons (Fsp3) is 0.533. The summed E-state index contributed by atoms with van der Waals surface area (Å²) < 4.78 is 5.74. The van der Waals surface area contributed by atoms with Crippen LogP contribution in [-0.2, 0) is 17.6 Å². The Labute approximate surface area is 114 Å². The first kappa shape index (κ1) is 13.9. The molecule has 4 nitrogen and oxygen atoms in total. The molecule has 0 radical (unpaired) electrons. The van der Waals surface area contributed by atoms with Crippen molar-refractivity contribution < 1.29 is 9.53 Å². The molecule has 1 aromatic carbocycles. The quantitative estimate of drug-likeness (QED) is 0.495. The number of hydrogen-bond acceptors (Lipinski definition) is 3. The van der Waals surface area contributed by atoms with E-state index < -0.39 is 5.41 Å². The first-order chi connectivity index (χ1) is 9.03. The third-order valence-corrected chi connectivity index (χ3v) is 3.67. The molecule has 0 heterocycles. The topological polar surface area (TPSA) is 64.3 Å². The minimum Gasteiger partial charge on any atom is -0.492 e. The van der Waals surface area contributed by atoms with Gasteiger partial charge < -0.3 is 4.74 Å². The van der Waals surface area contributed by atoms with Crippen LogP contribution in [0, 0.1) is 5.41 Å². The molecular formula is C15H22N2O2. The third kappa shape index (κ3) is 3.26. The van der Waals surface area contributed by atoms with Crippen molar-refractivity contribution in [3.05, 3.63) is 29.3 Å². The molecule has 104 valence electrons. The van der Waals surface area contributed by atoms with Gasteiger partial charge in [-0.15, -0.1) is 0 Å². The Bertz CT molecular complexity index is 469. The molecule has 0 bridgehead atoms. The number of fused-ring (bicyclic) bond motifs is 1. The van der Waals surface area contributed by atoms with Gasteiger partial charge >= 0.3 is 0 Å². The van der Waals surface area contributed by atoms with Crippen LogP contribution in [0.2, 0.25) is 0 Å². The second kappa shape index (κ2) is 5.61. The molecule has 1 aromatic rings. The van der Waals surface area contributed by atoms with Gasteiger partial charge in [0.15, 0.2) is 0 Å². The Morgan fingerprint density at radius 2 is 2.00 bits per heavy atom. The molecule has 0 unspecified atom stereocenters. The molecule has 3 N–H and O–H groups in total. The molecule has 0 fully saturated rings. The van der Waals surface area contributed by atoms with E-state index >= 15 is 0 Å². The Balaban J connectivity index is 2.02. The van der Waals surface area contributed by atoms with Crippen molar-refractivity contribution in [3.63, 3.8) is 0 Å². The number of nitrogens with two attached hydrogens (primary N) is 1. The van der Waals surface area contributed by atoms with E-state index in [0.717, 1.165) is 18.6 Å². The summed E-state index contributed by atoms with van der Waals surface area (Å²) in [6, 6.07) is 6.23. The molecule has 0 saturated heterocycles. The predicted octanol–water partition coefficient (Wildman–Crippen LogP) is 1.96. The number of carbonyl (C=O) groups is 1. The van der Waals surface area contributed by atoms with Crippen LogP contribution >= 0.6 is 0 Å². The van der Waals surface area contributed by atoms with Crippen molar-refractivity contribution in [1.82, 2.24) is 5.43 Å². The van der Waals surface area contributed by atoms with Crippen molar-refractivity contribution in [2.24, 2.45) is 11.3 Å². The minimum atomic E-state index is -0.634. The molecule has 0 aromatic heterocycles. The molecule has 4 heteroatoms. The summed E-state index contributed by atoms with van der Waals surface area (Å²) in [5, 5.41) is 0. The van der Waals surface area contributed by atoms with Crippen molar-refractivity contribution in [2.45, 2.75) is 39.5 Å². The van der Waals surface area contributed by atoms with Crippen LogP contribution in [0.15, 0.2) is 18.2 Å². The summed E-state index contributed by atoms with van der Waals surface area (Å²) >= 11 is 0. The van der Waals surface area contributed by atoms with Crippen molar-refractivity contribution in [2.75, 3.05) is 6.61 Å². The Morgan fingerprint density at radius 1 is 1.32 bits per heavy atom. The first-order valence-electron chi connectivity index (χ1n) is 6.78. The summed E-state index contributed by atoms with van der Waals surface area (Å²) in [7, 11) is 0. The highest BCUT2D eigenvalue weighted by atomic mass is 16.5. The van der Waals surface area contributed by atoms with Gasteiger partial charge in [0.05, 0.1) is 5.41 Å². The zero-order chi connectivity index (χ0) is 13.9. The SMILES string of the molecule is CC(C)(COc1ccc2c(c1)CCCC2)C(=O)NN. The first-order valence-corrected chi connectivity index (χ1v) is 6.78. The van der Waals surface area contributed by atoms with Gasteiger partial charge in [0.25, 0.3) is 0 Å². The Hall–Kier alpha value is -1.55. The highest BCUT2D eigenvalue weighted by molar-refractivity contribution is 5.81. The van der Waals surface area contributed by atoms with Crippen molar-refractivity contribution in [1.29, 1.82) is 0 Å². The molecule has 2 rings (SSSR count). The van der Waals surface area contributed by atoms with E-state index in [-0.39, 0.29) is 5.91 Å². The number of hydrogen-bond donors (Lipinski definition) is 2. The van der Waals surface area contributed by atoms with Gasteiger partial charge in [-0.05, 0) is 62.8 Å². The van der Waals surface area contributed by atoms with Gasteiger partial charge in [0.2, 0.25) is 5.91 Å². The van der Waals surface area contributed by atoms with Crippen LogP contribution in [0.4, 0.5) is 0 Å². The number of ether oxygens (including phenoxy) is 1. The van der Waals surface area contributed by atoms with Crippen LogP contribution in [-0.4, -0.2) is 12.5 Å². The molecule has 0 atom stereocenters. The average Bonchev–Trinajstić information content (AvgIpc) is 2.44. The lowest BCUT2D eigenvalue weighted by Crippen LogP contribution is -2.44. The van der Waals surface area contributed by atoms with Gasteiger partial charge in [-0.25, -0.2) is 5.84 Å². The van der Waals surface area contributed by atoms with E-state index in [1.165, 1.54) is 24.0 Å². The average molecular weight is 262 g/mol. The molecule has 1 amide bonds. The molecule has 0 aliphatic heterocycles. The van der Waals surface area contributed by atoms with Crippen LogP contribution < -0.4 is 16.0 Å². The fourth-order valence-electron chi connectivity index (χ4n) is 2.32. The van der Waals surface area contributed by atoms with Gasteiger partial charge in [-0.1, -0.05) is 6.07 Å². The molecular weight excluding hydrogens is 240 g/mol. The third-order valence-electron chi connectivity index (χ3n) is 3.67. The zero-order valence-corrected chi connectivity index (χ0v) is 11.7. The number of hydrazine groups is 1. The molecule has 0 spiro atoms. The number of carbonyl (C=O) groups excluding carboxylic acids is 1. The number of benzene rings is 1. The maximum absolute atomic E-state index is 11.6. The predicted molar refractivity (Wildman–Crippen MR) is 74.7 cm³/mol. The van der Waals surface area contributed by atoms with Crippen LogP contribution in [0.25, 0.3) is 0 Å². The van der Waals surface area contributed by atoms with E-state index in [1.54, 1.807) is 0 Å². The van der Waals surface area contributed by atoms with E-state index in [2.05, 4.69) is 17.6 Å². The highest BCUT2D eigenvalue weighted by Gasteiger charge is 2.28. The van der Waals surface area contributed by atoms with Crippen molar-refractivity contribution in [3.8, 4) is 5.75 Å². The highest BCUT2D eigenvalue weighted by Crippen LogP contribution is 2.26. The van der Waals surface area contributed by atoms with Crippen LogP contribution in [0.1, 0.15) is 37.8 Å². The molecule has 1 aliphatic rings. The van der Waals surface area contributed by atoms with E-state index in [4.69, 9.17) is 10.6 Å². The number of aryl methyl sites for hydroxylation is 2. The molecule has 1 aliphatic carbocycles. The largest absolute Gasteiger partial charge is 0.492 e. The van der Waals surface area contributed by atoms with Gasteiger partial charge in [0.1, 0.15) is 12.4 Å². The molecule has 0 saturated carbocycles. The maximum atomic E-state index is 11.6. The number of amides is 1. The fourth-order valence-corrected chi connectivity index (χ4v) is 2.32. The Morgan fingerprint density at radius 3 is 2.68 bits per heavy atom. The second-order valence-corrected chi connectivity index (χ2v) is 5.78. The number of rotatable bonds is 4. The maximum Gasteiger partial charge on any atom is 0.242 e.